The van der Waals surface area contributed by atoms with E-state index in [0.717, 1.165) is 11.8 Å². The van der Waals surface area contributed by atoms with Crippen LogP contribution in [0.4, 0.5) is 13.2 Å². The molecule has 0 amide bonds. The number of ether oxygens (including phenoxy) is 2. The van der Waals surface area contributed by atoms with E-state index in [-0.39, 0.29) is 12.4 Å². The lowest BCUT2D eigenvalue weighted by molar-refractivity contribution is -0.137. The van der Waals surface area contributed by atoms with Crippen LogP contribution in [0.2, 0.25) is 0 Å². The van der Waals surface area contributed by atoms with Gasteiger partial charge in [0.05, 0.1) is 16.9 Å². The first-order chi connectivity index (χ1) is 14.4. The quantitative estimate of drug-likeness (QED) is 0.709. The van der Waals surface area contributed by atoms with E-state index in [9.17, 15) is 18.0 Å². The normalized spacial score (nSPS) is 16.0. The maximum absolute atomic E-state index is 13.0. The van der Waals surface area contributed by atoms with Crippen molar-refractivity contribution in [3.63, 3.8) is 0 Å². The third kappa shape index (κ3) is 3.35. The molecule has 30 heavy (non-hydrogen) atoms. The molecule has 1 aromatic heterocycles. The number of aromatic nitrogens is 2. The Hall–Kier alpha value is -3.20. The summed E-state index contributed by atoms with van der Waals surface area (Å²) in [6.45, 7) is 1.58. The highest BCUT2D eigenvalue weighted by atomic mass is 19.4. The van der Waals surface area contributed by atoms with E-state index in [1.165, 1.54) is 16.8 Å². The number of halogens is 3. The Balaban J connectivity index is 1.38. The van der Waals surface area contributed by atoms with Gasteiger partial charge in [0.2, 0.25) is 6.79 Å². The zero-order valence-corrected chi connectivity index (χ0v) is 15.8. The highest BCUT2D eigenvalue weighted by molar-refractivity contribution is 5.50. The average Bonchev–Trinajstić information content (AvgIpc) is 3.31. The van der Waals surface area contributed by atoms with Crippen LogP contribution in [0.15, 0.2) is 47.3 Å². The van der Waals surface area contributed by atoms with Crippen molar-refractivity contribution in [2.24, 2.45) is 0 Å². The van der Waals surface area contributed by atoms with E-state index in [4.69, 9.17) is 9.47 Å². The fourth-order valence-electron chi connectivity index (χ4n) is 3.92. The predicted molar refractivity (Wildman–Crippen MR) is 102 cm³/mol. The van der Waals surface area contributed by atoms with Gasteiger partial charge < -0.3 is 9.47 Å². The van der Waals surface area contributed by atoms with Crippen LogP contribution >= 0.6 is 0 Å². The first kappa shape index (κ1) is 18.8. The number of rotatable bonds is 3. The summed E-state index contributed by atoms with van der Waals surface area (Å²) in [5, 5.41) is 3.15. The number of H-pyrrole nitrogens is 1. The van der Waals surface area contributed by atoms with Crippen LogP contribution < -0.4 is 15.0 Å². The van der Waals surface area contributed by atoms with Crippen molar-refractivity contribution in [3.8, 4) is 17.2 Å². The highest BCUT2D eigenvalue weighted by Gasteiger charge is 2.31. The summed E-state index contributed by atoms with van der Waals surface area (Å²) in [7, 11) is 0. The second-order valence-electron chi connectivity index (χ2n) is 7.41. The first-order valence-corrected chi connectivity index (χ1v) is 9.50. The molecule has 2 aliphatic rings. The summed E-state index contributed by atoms with van der Waals surface area (Å²) >= 11 is 0. The molecular formula is C21H18F3N3O3. The molecule has 2 aliphatic heterocycles. The van der Waals surface area contributed by atoms with Gasteiger partial charge in [-0.05, 0) is 30.2 Å². The molecule has 156 valence electrons. The standard InChI is InChI=1S/C21H18F3N3O3/c22-21(23,24)14-3-1-2-13(8-14)10-26-7-6-16-17(11-26)25-27(20(16)28)15-4-5-18-19(9-15)30-12-29-18/h1-5,8-9,25H,6-7,10-12H2. The zero-order chi connectivity index (χ0) is 20.9. The molecule has 0 radical (unpaired) electrons. The van der Waals surface area contributed by atoms with Crippen molar-refractivity contribution in [1.82, 2.24) is 14.7 Å². The summed E-state index contributed by atoms with van der Waals surface area (Å²) in [5.74, 6) is 1.22. The van der Waals surface area contributed by atoms with Crippen LogP contribution in [0, 0.1) is 0 Å². The SMILES string of the molecule is O=c1c2c([nH]n1-c1ccc3c(c1)OCO3)CN(Cc1cccc(C(F)(F)F)c1)CC2. The Morgan fingerprint density at radius 2 is 1.90 bits per heavy atom. The fourth-order valence-corrected chi connectivity index (χ4v) is 3.92. The van der Waals surface area contributed by atoms with Gasteiger partial charge in [-0.25, -0.2) is 4.68 Å². The number of benzene rings is 2. The Morgan fingerprint density at radius 3 is 2.73 bits per heavy atom. The van der Waals surface area contributed by atoms with Gasteiger partial charge in [0.25, 0.3) is 5.56 Å². The predicted octanol–water partition coefficient (Wildman–Crippen LogP) is 3.47. The van der Waals surface area contributed by atoms with Crippen LogP contribution in [0.25, 0.3) is 5.69 Å². The molecule has 0 unspecified atom stereocenters. The minimum absolute atomic E-state index is 0.123. The molecule has 0 saturated carbocycles. The van der Waals surface area contributed by atoms with E-state index < -0.39 is 11.7 Å². The summed E-state index contributed by atoms with van der Waals surface area (Å²) in [4.78, 5) is 14.9. The van der Waals surface area contributed by atoms with Crippen molar-refractivity contribution in [2.75, 3.05) is 13.3 Å². The molecule has 0 bridgehead atoms. The van der Waals surface area contributed by atoms with Gasteiger partial charge in [-0.2, -0.15) is 13.2 Å². The molecule has 0 aliphatic carbocycles. The van der Waals surface area contributed by atoms with Crippen LogP contribution in [0.3, 0.4) is 0 Å². The molecule has 1 N–H and O–H groups in total. The van der Waals surface area contributed by atoms with E-state index in [1.54, 1.807) is 24.3 Å². The lowest BCUT2D eigenvalue weighted by Gasteiger charge is -2.26. The molecule has 3 heterocycles. The maximum Gasteiger partial charge on any atom is 0.416 e. The highest BCUT2D eigenvalue weighted by Crippen LogP contribution is 2.33. The van der Waals surface area contributed by atoms with Gasteiger partial charge in [0.1, 0.15) is 0 Å². The van der Waals surface area contributed by atoms with Gasteiger partial charge in [-0.1, -0.05) is 18.2 Å². The Bertz CT molecular complexity index is 1170. The van der Waals surface area contributed by atoms with Crippen LogP contribution in [-0.4, -0.2) is 28.0 Å². The second-order valence-corrected chi connectivity index (χ2v) is 7.41. The lowest BCUT2D eigenvalue weighted by atomic mass is 10.1. The number of hydrogen-bond donors (Lipinski definition) is 1. The minimum atomic E-state index is -4.36. The van der Waals surface area contributed by atoms with Crippen molar-refractivity contribution in [3.05, 3.63) is 75.2 Å². The monoisotopic (exact) mass is 417 g/mol. The van der Waals surface area contributed by atoms with Gasteiger partial charge in [0, 0.05) is 31.3 Å². The Morgan fingerprint density at radius 1 is 1.07 bits per heavy atom. The van der Waals surface area contributed by atoms with Crippen LogP contribution in [0.1, 0.15) is 22.4 Å². The van der Waals surface area contributed by atoms with Crippen molar-refractivity contribution < 1.29 is 22.6 Å². The number of nitrogens with zero attached hydrogens (tertiary/aromatic N) is 2. The number of nitrogens with one attached hydrogen (secondary N) is 1. The topological polar surface area (TPSA) is 59.5 Å². The molecule has 9 heteroatoms. The van der Waals surface area contributed by atoms with Crippen LogP contribution in [0.5, 0.6) is 11.5 Å². The zero-order valence-electron chi connectivity index (χ0n) is 15.8. The van der Waals surface area contributed by atoms with E-state index >= 15 is 0 Å². The lowest BCUT2D eigenvalue weighted by Crippen LogP contribution is -2.31. The minimum Gasteiger partial charge on any atom is -0.454 e. The molecule has 0 atom stereocenters. The molecule has 0 spiro atoms. The summed E-state index contributed by atoms with van der Waals surface area (Å²) in [5.41, 5.74) is 1.93. The number of aromatic amines is 1. The third-order valence-corrected chi connectivity index (χ3v) is 5.41. The van der Waals surface area contributed by atoms with E-state index in [1.807, 2.05) is 4.90 Å². The number of hydrogen-bond acceptors (Lipinski definition) is 4. The number of fused-ring (bicyclic) bond motifs is 2. The molecule has 6 nitrogen and oxygen atoms in total. The van der Waals surface area contributed by atoms with E-state index in [0.29, 0.717) is 54.4 Å². The number of alkyl halides is 3. The van der Waals surface area contributed by atoms with Crippen LogP contribution in [-0.2, 0) is 25.7 Å². The molecular weight excluding hydrogens is 399 g/mol. The van der Waals surface area contributed by atoms with Crippen molar-refractivity contribution in [2.45, 2.75) is 25.7 Å². The molecule has 3 aromatic rings. The second kappa shape index (κ2) is 6.94. The third-order valence-electron chi connectivity index (χ3n) is 5.41. The van der Waals surface area contributed by atoms with Crippen molar-refractivity contribution >= 4 is 0 Å². The average molecular weight is 417 g/mol. The molecule has 0 fully saturated rings. The molecule has 0 saturated heterocycles. The van der Waals surface area contributed by atoms with Gasteiger partial charge in [-0.15, -0.1) is 0 Å². The van der Waals surface area contributed by atoms with Gasteiger partial charge >= 0.3 is 6.18 Å². The summed E-state index contributed by atoms with van der Waals surface area (Å²) in [6, 6.07) is 10.6. The molecule has 5 rings (SSSR count). The smallest absolute Gasteiger partial charge is 0.416 e. The Labute approximate surface area is 169 Å². The maximum atomic E-state index is 13.0. The fraction of sp³-hybridized carbons (Fsp3) is 0.286. The van der Waals surface area contributed by atoms with E-state index in [2.05, 4.69) is 5.10 Å². The first-order valence-electron chi connectivity index (χ1n) is 9.50. The van der Waals surface area contributed by atoms with Gasteiger partial charge in [0.15, 0.2) is 11.5 Å². The summed E-state index contributed by atoms with van der Waals surface area (Å²) in [6.07, 6.45) is -3.83. The van der Waals surface area contributed by atoms with Gasteiger partial charge in [-0.3, -0.25) is 14.8 Å². The largest absolute Gasteiger partial charge is 0.454 e. The summed E-state index contributed by atoms with van der Waals surface area (Å²) < 4.78 is 51.0. The molecule has 2 aromatic carbocycles. The van der Waals surface area contributed by atoms with Crippen molar-refractivity contribution in [1.29, 1.82) is 0 Å². The Kier molecular flexibility index (Phi) is 4.35.